The van der Waals surface area contributed by atoms with Crippen molar-refractivity contribution in [3.05, 3.63) is 0 Å². The Morgan fingerprint density at radius 1 is 1.32 bits per heavy atom. The second-order valence-electron chi connectivity index (χ2n) is 7.50. The number of hydrogen-bond acceptors (Lipinski definition) is 3. The van der Waals surface area contributed by atoms with Crippen molar-refractivity contribution in [1.29, 1.82) is 0 Å². The van der Waals surface area contributed by atoms with Crippen LogP contribution in [-0.2, 0) is 4.79 Å². The Morgan fingerprint density at radius 2 is 2.00 bits per heavy atom. The smallest absolute Gasteiger partial charge is 0.222 e. The van der Waals surface area contributed by atoms with Crippen molar-refractivity contribution in [1.82, 2.24) is 15.1 Å². The number of carbonyl (C=O) groups is 1. The van der Waals surface area contributed by atoms with Gasteiger partial charge in [0.15, 0.2) is 0 Å². The van der Waals surface area contributed by atoms with Crippen molar-refractivity contribution in [2.75, 3.05) is 39.8 Å². The molecular weight excluding hydrogens is 274 g/mol. The zero-order valence-corrected chi connectivity index (χ0v) is 15.0. The van der Waals surface area contributed by atoms with Gasteiger partial charge in [0.2, 0.25) is 5.91 Å². The third-order valence-electron chi connectivity index (χ3n) is 5.97. The predicted octanol–water partition coefficient (Wildman–Crippen LogP) is 2.20. The minimum absolute atomic E-state index is 0.354. The van der Waals surface area contributed by atoms with Gasteiger partial charge in [-0.25, -0.2) is 0 Å². The van der Waals surface area contributed by atoms with E-state index in [2.05, 4.69) is 35.9 Å². The molecule has 4 heteroatoms. The van der Waals surface area contributed by atoms with Crippen LogP contribution in [0, 0.1) is 17.8 Å². The summed E-state index contributed by atoms with van der Waals surface area (Å²) in [6.07, 6.45) is 4.30. The molecule has 128 valence electrons. The minimum Gasteiger partial charge on any atom is -0.342 e. The number of nitrogens with zero attached hydrogens (tertiary/aromatic N) is 2. The molecule has 3 atom stereocenters. The van der Waals surface area contributed by atoms with E-state index in [0.29, 0.717) is 23.8 Å². The Hall–Kier alpha value is -0.610. The number of rotatable bonds is 5. The lowest BCUT2D eigenvalue weighted by Gasteiger charge is -2.41. The molecule has 0 saturated carbocycles. The van der Waals surface area contributed by atoms with Crippen molar-refractivity contribution in [3.8, 4) is 0 Å². The highest BCUT2D eigenvalue weighted by Gasteiger charge is 2.31. The molecule has 2 rings (SSSR count). The van der Waals surface area contributed by atoms with E-state index in [9.17, 15) is 4.79 Å². The third kappa shape index (κ3) is 4.45. The second kappa shape index (κ2) is 8.30. The average molecular weight is 309 g/mol. The van der Waals surface area contributed by atoms with E-state index in [4.69, 9.17) is 0 Å². The Labute approximate surface area is 136 Å². The summed E-state index contributed by atoms with van der Waals surface area (Å²) in [5, 5.41) is 3.41. The first-order chi connectivity index (χ1) is 10.5. The van der Waals surface area contributed by atoms with Crippen LogP contribution in [0.15, 0.2) is 0 Å². The number of amides is 1. The van der Waals surface area contributed by atoms with Gasteiger partial charge in [-0.2, -0.15) is 0 Å². The highest BCUT2D eigenvalue weighted by Crippen LogP contribution is 2.27. The van der Waals surface area contributed by atoms with Crippen molar-refractivity contribution < 1.29 is 4.79 Å². The zero-order chi connectivity index (χ0) is 16.1. The molecule has 0 aromatic carbocycles. The molecule has 1 N–H and O–H groups in total. The van der Waals surface area contributed by atoms with E-state index in [1.54, 1.807) is 0 Å². The Bertz CT molecular complexity index is 354. The average Bonchev–Trinajstić information content (AvgIpc) is 2.54. The topological polar surface area (TPSA) is 35.6 Å². The van der Waals surface area contributed by atoms with Crippen molar-refractivity contribution in [2.45, 2.75) is 52.5 Å². The lowest BCUT2D eigenvalue weighted by Crippen LogP contribution is -2.50. The van der Waals surface area contributed by atoms with Gasteiger partial charge in [-0.15, -0.1) is 0 Å². The molecular formula is C18H35N3O. The summed E-state index contributed by atoms with van der Waals surface area (Å²) in [5.74, 6) is 2.17. The summed E-state index contributed by atoms with van der Waals surface area (Å²) < 4.78 is 0. The van der Waals surface area contributed by atoms with Gasteiger partial charge >= 0.3 is 0 Å². The van der Waals surface area contributed by atoms with E-state index in [0.717, 1.165) is 51.5 Å². The molecule has 2 fully saturated rings. The first-order valence-electron chi connectivity index (χ1n) is 9.21. The van der Waals surface area contributed by atoms with Crippen LogP contribution in [0.3, 0.4) is 0 Å². The number of piperidine rings is 2. The minimum atomic E-state index is 0.354. The summed E-state index contributed by atoms with van der Waals surface area (Å²) >= 11 is 0. The molecule has 4 nitrogen and oxygen atoms in total. The SMILES string of the molecule is CCN1CC[C@H](N(C)C(=O)C[C@H](C)C2CCNCC2)[C@@H](C)C1. The molecule has 22 heavy (non-hydrogen) atoms. The summed E-state index contributed by atoms with van der Waals surface area (Å²) in [7, 11) is 2.03. The molecule has 1 amide bonds. The fourth-order valence-electron chi connectivity index (χ4n) is 4.27. The Balaban J connectivity index is 1.83. The van der Waals surface area contributed by atoms with Crippen LogP contribution in [0.2, 0.25) is 0 Å². The van der Waals surface area contributed by atoms with Crippen molar-refractivity contribution >= 4 is 5.91 Å². The van der Waals surface area contributed by atoms with Gasteiger partial charge in [0.1, 0.15) is 0 Å². The maximum absolute atomic E-state index is 12.7. The molecule has 2 aliphatic heterocycles. The van der Waals surface area contributed by atoms with Crippen molar-refractivity contribution in [2.24, 2.45) is 17.8 Å². The molecule has 2 aliphatic rings. The maximum atomic E-state index is 12.7. The summed E-state index contributed by atoms with van der Waals surface area (Å²) in [6, 6.07) is 0.426. The van der Waals surface area contributed by atoms with Gasteiger partial charge in [-0.1, -0.05) is 20.8 Å². The summed E-state index contributed by atoms with van der Waals surface area (Å²) in [4.78, 5) is 17.3. The molecule has 0 aromatic rings. The fraction of sp³-hybridized carbons (Fsp3) is 0.944. The first kappa shape index (κ1) is 17.7. The normalized spacial score (nSPS) is 29.3. The van der Waals surface area contributed by atoms with Crippen molar-refractivity contribution in [3.63, 3.8) is 0 Å². The van der Waals surface area contributed by atoms with Crippen LogP contribution in [-0.4, -0.2) is 61.5 Å². The van der Waals surface area contributed by atoms with Crippen LogP contribution in [0.4, 0.5) is 0 Å². The van der Waals surface area contributed by atoms with Crippen LogP contribution >= 0.6 is 0 Å². The van der Waals surface area contributed by atoms with Gasteiger partial charge in [0, 0.05) is 32.6 Å². The maximum Gasteiger partial charge on any atom is 0.222 e. The molecule has 2 saturated heterocycles. The molecule has 0 unspecified atom stereocenters. The highest BCUT2D eigenvalue weighted by atomic mass is 16.2. The Kier molecular flexibility index (Phi) is 6.69. The van der Waals surface area contributed by atoms with Crippen LogP contribution in [0.1, 0.15) is 46.5 Å². The summed E-state index contributed by atoms with van der Waals surface area (Å²) in [5.41, 5.74) is 0. The van der Waals surface area contributed by atoms with Gasteiger partial charge in [-0.3, -0.25) is 4.79 Å². The molecule has 0 bridgehead atoms. The number of hydrogen-bond donors (Lipinski definition) is 1. The van der Waals surface area contributed by atoms with Gasteiger partial charge < -0.3 is 15.1 Å². The van der Waals surface area contributed by atoms with Gasteiger partial charge in [0.25, 0.3) is 0 Å². The van der Waals surface area contributed by atoms with E-state index >= 15 is 0 Å². The lowest BCUT2D eigenvalue weighted by atomic mass is 9.83. The van der Waals surface area contributed by atoms with E-state index in [1.807, 2.05) is 7.05 Å². The highest BCUT2D eigenvalue weighted by molar-refractivity contribution is 5.76. The predicted molar refractivity (Wildman–Crippen MR) is 91.8 cm³/mol. The van der Waals surface area contributed by atoms with Gasteiger partial charge in [0.05, 0.1) is 0 Å². The van der Waals surface area contributed by atoms with Crippen LogP contribution in [0.25, 0.3) is 0 Å². The number of carbonyl (C=O) groups excluding carboxylic acids is 1. The zero-order valence-electron chi connectivity index (χ0n) is 15.0. The second-order valence-corrected chi connectivity index (χ2v) is 7.50. The lowest BCUT2D eigenvalue weighted by molar-refractivity contribution is -0.135. The largest absolute Gasteiger partial charge is 0.342 e. The number of likely N-dealkylation sites (tertiary alicyclic amines) is 1. The van der Waals surface area contributed by atoms with E-state index in [1.165, 1.54) is 12.8 Å². The van der Waals surface area contributed by atoms with Crippen LogP contribution < -0.4 is 5.32 Å². The monoisotopic (exact) mass is 309 g/mol. The van der Waals surface area contributed by atoms with Gasteiger partial charge in [-0.05, 0) is 56.7 Å². The molecule has 0 radical (unpaired) electrons. The molecule has 2 heterocycles. The summed E-state index contributed by atoms with van der Waals surface area (Å²) in [6.45, 7) is 12.4. The molecule has 0 aliphatic carbocycles. The number of nitrogens with one attached hydrogen (secondary N) is 1. The quantitative estimate of drug-likeness (QED) is 0.846. The molecule has 0 spiro atoms. The third-order valence-corrected chi connectivity index (χ3v) is 5.97. The first-order valence-corrected chi connectivity index (χ1v) is 9.21. The van der Waals surface area contributed by atoms with E-state index < -0.39 is 0 Å². The Morgan fingerprint density at radius 3 is 2.59 bits per heavy atom. The van der Waals surface area contributed by atoms with Crippen LogP contribution in [0.5, 0.6) is 0 Å². The molecule has 0 aromatic heterocycles. The van der Waals surface area contributed by atoms with E-state index in [-0.39, 0.29) is 0 Å². The standard InChI is InChI=1S/C18H35N3O/c1-5-21-11-8-17(15(3)13-21)20(4)18(22)12-14(2)16-6-9-19-10-7-16/h14-17,19H,5-13H2,1-4H3/t14-,15-,17-/m0/s1. The fourth-order valence-corrected chi connectivity index (χ4v) is 4.27.